The van der Waals surface area contributed by atoms with Gasteiger partial charge < -0.3 is 0 Å². The highest BCUT2D eigenvalue weighted by Gasteiger charge is 2.17. The molecule has 3 nitrogen and oxygen atoms in total. The summed E-state index contributed by atoms with van der Waals surface area (Å²) in [5.74, 6) is 1.12. The molecular formula is C28H26N2OS. The highest BCUT2D eigenvalue weighted by atomic mass is 32.2. The Kier molecular flexibility index (Phi) is 6.52. The minimum absolute atomic E-state index is 0.140. The number of nitrogens with zero attached hydrogens (tertiary/aromatic N) is 2. The Hall–Kier alpha value is -3.24. The van der Waals surface area contributed by atoms with Gasteiger partial charge in [0.1, 0.15) is 5.03 Å². The summed E-state index contributed by atoms with van der Waals surface area (Å²) < 4.78 is 0. The third-order valence-electron chi connectivity index (χ3n) is 5.79. The maximum atomic E-state index is 13.2. The van der Waals surface area contributed by atoms with Crippen LogP contribution in [0.3, 0.4) is 0 Å². The molecule has 0 unspecified atom stereocenters. The van der Waals surface area contributed by atoms with Gasteiger partial charge in [-0.05, 0) is 67.7 Å². The largest absolute Gasteiger partial charge is 0.293 e. The molecular weight excluding hydrogens is 412 g/mol. The molecule has 0 aliphatic rings. The van der Waals surface area contributed by atoms with Gasteiger partial charge in [-0.25, -0.2) is 9.97 Å². The van der Waals surface area contributed by atoms with E-state index in [4.69, 9.17) is 9.97 Å². The smallest absolute Gasteiger partial charge is 0.173 e. The Morgan fingerprint density at radius 1 is 0.844 bits per heavy atom. The summed E-state index contributed by atoms with van der Waals surface area (Å²) in [4.78, 5) is 22.7. The molecule has 3 aromatic carbocycles. The first kappa shape index (κ1) is 22.0. The number of carbonyl (C=O) groups excluding carboxylic acids is 1. The summed E-state index contributed by atoms with van der Waals surface area (Å²) in [6, 6.07) is 20.2. The fraction of sp³-hybridized carbons (Fsp3) is 0.179. The monoisotopic (exact) mass is 438 g/mol. The zero-order valence-corrected chi connectivity index (χ0v) is 19.7. The van der Waals surface area contributed by atoms with Crippen molar-refractivity contribution in [3.63, 3.8) is 0 Å². The number of hydrogen-bond acceptors (Lipinski definition) is 4. The van der Waals surface area contributed by atoms with Gasteiger partial charge in [0.25, 0.3) is 0 Å². The van der Waals surface area contributed by atoms with E-state index in [-0.39, 0.29) is 5.78 Å². The van der Waals surface area contributed by atoms with Crippen molar-refractivity contribution >= 4 is 40.6 Å². The predicted octanol–water partition coefficient (Wildman–Crippen LogP) is 7.01. The number of aromatic nitrogens is 2. The van der Waals surface area contributed by atoms with Crippen molar-refractivity contribution < 1.29 is 4.79 Å². The van der Waals surface area contributed by atoms with Gasteiger partial charge in [-0.3, -0.25) is 4.79 Å². The number of aryl methyl sites for hydroxylation is 2. The Morgan fingerprint density at radius 3 is 2.22 bits per heavy atom. The molecule has 0 aliphatic carbocycles. The fourth-order valence-electron chi connectivity index (χ4n) is 3.83. The number of hydrogen-bond donors (Lipinski definition) is 0. The molecule has 0 spiro atoms. The summed E-state index contributed by atoms with van der Waals surface area (Å²) in [6.45, 7) is 8.20. The summed E-state index contributed by atoms with van der Waals surface area (Å²) in [7, 11) is 0. The molecule has 0 saturated heterocycles. The van der Waals surface area contributed by atoms with Gasteiger partial charge in [-0.2, -0.15) is 0 Å². The molecule has 32 heavy (non-hydrogen) atoms. The van der Waals surface area contributed by atoms with Gasteiger partial charge >= 0.3 is 0 Å². The lowest BCUT2D eigenvalue weighted by molar-refractivity contribution is 0.102. The summed E-state index contributed by atoms with van der Waals surface area (Å²) in [5, 5.41) is 1.80. The van der Waals surface area contributed by atoms with Crippen molar-refractivity contribution in [1.82, 2.24) is 9.97 Å². The van der Waals surface area contributed by atoms with E-state index >= 15 is 0 Å². The highest BCUT2D eigenvalue weighted by Crippen LogP contribution is 2.28. The molecule has 1 heterocycles. The number of rotatable bonds is 6. The van der Waals surface area contributed by atoms with Crippen LogP contribution in [0.4, 0.5) is 0 Å². The third-order valence-corrected chi connectivity index (χ3v) is 6.79. The highest BCUT2D eigenvalue weighted by molar-refractivity contribution is 8.00. The molecule has 1 aromatic heterocycles. The first-order valence-corrected chi connectivity index (χ1v) is 11.7. The average Bonchev–Trinajstić information content (AvgIpc) is 2.80. The van der Waals surface area contributed by atoms with Gasteiger partial charge in [-0.1, -0.05) is 72.4 Å². The average molecular weight is 439 g/mol. The summed E-state index contributed by atoms with van der Waals surface area (Å²) in [5.41, 5.74) is 7.26. The van der Waals surface area contributed by atoms with Crippen LogP contribution < -0.4 is 0 Å². The first-order valence-electron chi connectivity index (χ1n) is 10.7. The van der Waals surface area contributed by atoms with E-state index in [1.807, 2.05) is 80.6 Å². The molecule has 0 fully saturated rings. The van der Waals surface area contributed by atoms with Crippen LogP contribution in [0, 0.1) is 27.7 Å². The van der Waals surface area contributed by atoms with Crippen molar-refractivity contribution in [2.24, 2.45) is 0 Å². The number of benzene rings is 3. The van der Waals surface area contributed by atoms with Crippen molar-refractivity contribution in [2.45, 2.75) is 32.7 Å². The van der Waals surface area contributed by atoms with Crippen LogP contribution in [-0.4, -0.2) is 21.5 Å². The van der Waals surface area contributed by atoms with E-state index in [0.29, 0.717) is 11.6 Å². The Balaban J connectivity index is 1.64. The Bertz CT molecular complexity index is 1300. The van der Waals surface area contributed by atoms with Crippen LogP contribution in [0.5, 0.6) is 0 Å². The van der Waals surface area contributed by atoms with Crippen molar-refractivity contribution in [3.05, 3.63) is 99.9 Å². The number of fused-ring (bicyclic) bond motifs is 1. The number of para-hydroxylation sites is 1. The lowest BCUT2D eigenvalue weighted by Crippen LogP contribution is -2.10. The molecule has 4 aromatic rings. The van der Waals surface area contributed by atoms with Crippen LogP contribution in [0.1, 0.15) is 44.0 Å². The maximum absolute atomic E-state index is 13.2. The zero-order chi connectivity index (χ0) is 22.7. The number of carbonyl (C=O) groups is 1. The van der Waals surface area contributed by atoms with Gasteiger partial charge in [0.05, 0.1) is 11.3 Å². The van der Waals surface area contributed by atoms with Crippen molar-refractivity contribution in [1.29, 1.82) is 0 Å². The molecule has 0 atom stereocenters. The minimum Gasteiger partial charge on any atom is -0.293 e. The van der Waals surface area contributed by atoms with Gasteiger partial charge in [0.2, 0.25) is 0 Å². The van der Waals surface area contributed by atoms with E-state index < -0.39 is 0 Å². The lowest BCUT2D eigenvalue weighted by Gasteiger charge is -2.14. The SMILES string of the molecule is Cc1cc(C)c(C)c(C(=O)CSc2nc(C=Cc3ccccc3)nc3ccccc23)c1C. The van der Waals surface area contributed by atoms with Crippen LogP contribution in [0.2, 0.25) is 0 Å². The second-order valence-corrected chi connectivity index (χ2v) is 8.96. The molecule has 0 saturated carbocycles. The third kappa shape index (κ3) is 4.66. The second kappa shape index (κ2) is 9.49. The molecule has 4 heteroatoms. The zero-order valence-electron chi connectivity index (χ0n) is 18.8. The van der Waals surface area contributed by atoms with Gasteiger partial charge in [-0.15, -0.1) is 0 Å². The lowest BCUT2D eigenvalue weighted by atomic mass is 9.92. The molecule has 0 amide bonds. The maximum Gasteiger partial charge on any atom is 0.173 e. The molecule has 0 N–H and O–H groups in total. The van der Waals surface area contributed by atoms with Gasteiger partial charge in [0.15, 0.2) is 11.6 Å². The van der Waals surface area contributed by atoms with E-state index in [0.717, 1.165) is 49.3 Å². The Labute approximate surface area is 193 Å². The standard InChI is InChI=1S/C28H26N2OS/c1-18-16-19(2)21(4)27(20(18)3)25(31)17-32-28-23-12-8-9-13-24(23)29-26(30-28)15-14-22-10-6-5-7-11-22/h5-16H,17H2,1-4H3. The number of Topliss-reactive ketones (excluding diaryl/α,β-unsaturated/α-hetero) is 1. The fourth-order valence-corrected chi connectivity index (χ4v) is 4.72. The summed E-state index contributed by atoms with van der Waals surface area (Å²) in [6.07, 6.45) is 3.93. The van der Waals surface area contributed by atoms with E-state index in [2.05, 4.69) is 19.9 Å². The molecule has 0 radical (unpaired) electrons. The van der Waals surface area contributed by atoms with E-state index in [9.17, 15) is 4.79 Å². The topological polar surface area (TPSA) is 42.9 Å². The quantitative estimate of drug-likeness (QED) is 0.184. The Morgan fingerprint density at radius 2 is 1.50 bits per heavy atom. The molecule has 0 bridgehead atoms. The number of ketones is 1. The molecule has 0 aliphatic heterocycles. The molecule has 160 valence electrons. The second-order valence-electron chi connectivity index (χ2n) is 8.00. The van der Waals surface area contributed by atoms with Gasteiger partial charge in [0, 0.05) is 10.9 Å². The summed E-state index contributed by atoms with van der Waals surface area (Å²) >= 11 is 1.48. The normalized spacial score (nSPS) is 11.4. The molecule has 4 rings (SSSR count). The van der Waals surface area contributed by atoms with Crippen LogP contribution in [-0.2, 0) is 0 Å². The van der Waals surface area contributed by atoms with Crippen LogP contribution >= 0.6 is 11.8 Å². The minimum atomic E-state index is 0.140. The van der Waals surface area contributed by atoms with Crippen molar-refractivity contribution in [2.75, 3.05) is 5.75 Å². The van der Waals surface area contributed by atoms with Crippen LogP contribution in [0.15, 0.2) is 65.7 Å². The van der Waals surface area contributed by atoms with E-state index in [1.165, 1.54) is 11.8 Å². The predicted molar refractivity (Wildman–Crippen MR) is 135 cm³/mol. The van der Waals surface area contributed by atoms with Crippen LogP contribution in [0.25, 0.3) is 23.1 Å². The van der Waals surface area contributed by atoms with E-state index in [1.54, 1.807) is 0 Å². The van der Waals surface area contributed by atoms with Crippen molar-refractivity contribution in [3.8, 4) is 0 Å². The first-order chi connectivity index (χ1) is 15.4. The number of thioether (sulfide) groups is 1.